The van der Waals surface area contributed by atoms with Crippen molar-refractivity contribution in [3.8, 4) is 28.3 Å². The lowest BCUT2D eigenvalue weighted by Crippen LogP contribution is -2.44. The molecule has 0 N–H and O–H groups in total. The van der Waals surface area contributed by atoms with Gasteiger partial charge in [0.05, 0.1) is 0 Å². The quantitative estimate of drug-likeness (QED) is 0.283. The highest BCUT2D eigenvalue weighted by molar-refractivity contribution is 5.95. The second-order valence-electron chi connectivity index (χ2n) is 9.64. The second kappa shape index (κ2) is 10.1. The van der Waals surface area contributed by atoms with Gasteiger partial charge in [-0.3, -0.25) is 0 Å². The molecule has 6 heteroatoms. The molecule has 0 amide bonds. The van der Waals surface area contributed by atoms with Gasteiger partial charge in [0.25, 0.3) is 5.89 Å². The topological polar surface area (TPSA) is 54.6 Å². The molecule has 0 radical (unpaired) electrons. The Morgan fingerprint density at radius 2 is 1.62 bits per heavy atom. The van der Waals surface area contributed by atoms with E-state index in [2.05, 4.69) is 101 Å². The minimum absolute atomic E-state index is 0.219. The van der Waals surface area contributed by atoms with Gasteiger partial charge in [-0.2, -0.15) is 4.98 Å². The van der Waals surface area contributed by atoms with Crippen molar-refractivity contribution in [3.63, 3.8) is 0 Å². The maximum absolute atomic E-state index is 6.08. The molecule has 0 aliphatic carbocycles. The van der Waals surface area contributed by atoms with Crippen LogP contribution in [0.4, 0.5) is 5.69 Å². The molecule has 2 heterocycles. The fourth-order valence-electron chi connectivity index (χ4n) is 4.92. The predicted molar refractivity (Wildman–Crippen MR) is 148 cm³/mol. The summed E-state index contributed by atoms with van der Waals surface area (Å²) in [6, 6.07) is 29.3. The number of aryl methyl sites for hydroxylation is 1. The number of piperazine rings is 1. The smallest absolute Gasteiger partial charge is 0.264 e. The number of ether oxygens (including phenoxy) is 1. The number of anilines is 1. The first-order chi connectivity index (χ1) is 18.1. The molecule has 0 bridgehead atoms. The minimum Gasteiger partial charge on any atom is -0.484 e. The third-order valence-corrected chi connectivity index (χ3v) is 7.10. The van der Waals surface area contributed by atoms with E-state index in [0.717, 1.165) is 37.5 Å². The Morgan fingerprint density at radius 1 is 0.838 bits per heavy atom. The largest absolute Gasteiger partial charge is 0.484 e. The summed E-state index contributed by atoms with van der Waals surface area (Å²) in [7, 11) is 2.18. The third kappa shape index (κ3) is 4.93. The van der Waals surface area contributed by atoms with E-state index in [1.807, 2.05) is 18.2 Å². The molecule has 1 fully saturated rings. The standard InChI is InChI=1S/C31H30N4O2/c1-22-6-3-4-8-27(22)24-10-12-25(13-11-24)31-32-30(37-33-31)21-36-26-15-14-23-7-5-9-29(28(23)20-26)35-18-16-34(2)17-19-35/h3-15,20H,16-19,21H2,1-2H3. The highest BCUT2D eigenvalue weighted by atomic mass is 16.5. The molecule has 5 aromatic rings. The number of hydrogen-bond acceptors (Lipinski definition) is 6. The predicted octanol–water partition coefficient (Wildman–Crippen LogP) is 6.20. The molecule has 1 aromatic heterocycles. The third-order valence-electron chi connectivity index (χ3n) is 7.10. The Hall–Kier alpha value is -4.16. The van der Waals surface area contributed by atoms with E-state index in [9.17, 15) is 0 Å². The molecule has 0 atom stereocenters. The molecule has 0 unspecified atom stereocenters. The second-order valence-corrected chi connectivity index (χ2v) is 9.64. The van der Waals surface area contributed by atoms with Crippen LogP contribution in [0.2, 0.25) is 0 Å². The first kappa shape index (κ1) is 23.3. The van der Waals surface area contributed by atoms with Crippen molar-refractivity contribution >= 4 is 16.5 Å². The maximum atomic E-state index is 6.08. The Morgan fingerprint density at radius 3 is 2.43 bits per heavy atom. The minimum atomic E-state index is 0.219. The summed E-state index contributed by atoms with van der Waals surface area (Å²) in [5, 5.41) is 6.58. The molecular formula is C31H30N4O2. The van der Waals surface area contributed by atoms with Gasteiger partial charge in [0, 0.05) is 42.8 Å². The average molecular weight is 491 g/mol. The van der Waals surface area contributed by atoms with Crippen molar-refractivity contribution in [3.05, 3.63) is 96.4 Å². The molecule has 1 aliphatic heterocycles. The molecule has 0 saturated carbocycles. The molecule has 1 saturated heterocycles. The first-order valence-corrected chi connectivity index (χ1v) is 12.7. The van der Waals surface area contributed by atoms with Crippen LogP contribution in [0.25, 0.3) is 33.3 Å². The van der Waals surface area contributed by atoms with Crippen LogP contribution in [0.5, 0.6) is 5.75 Å². The summed E-state index contributed by atoms with van der Waals surface area (Å²) < 4.78 is 11.6. The number of rotatable bonds is 6. The number of benzene rings is 4. The first-order valence-electron chi connectivity index (χ1n) is 12.7. The number of nitrogens with zero attached hydrogens (tertiary/aromatic N) is 4. The van der Waals surface area contributed by atoms with Crippen LogP contribution in [0.15, 0.2) is 89.5 Å². The van der Waals surface area contributed by atoms with Crippen molar-refractivity contribution in [2.24, 2.45) is 0 Å². The summed E-state index contributed by atoms with van der Waals surface area (Å²) in [6.45, 7) is 6.53. The lowest BCUT2D eigenvalue weighted by atomic mass is 9.99. The highest BCUT2D eigenvalue weighted by Crippen LogP contribution is 2.31. The highest BCUT2D eigenvalue weighted by Gasteiger charge is 2.17. The SMILES string of the molecule is Cc1ccccc1-c1ccc(-c2noc(COc3ccc4cccc(N5CCN(C)CC5)c4c3)n2)cc1. The zero-order valence-corrected chi connectivity index (χ0v) is 21.2. The Balaban J connectivity index is 1.16. The summed E-state index contributed by atoms with van der Waals surface area (Å²) >= 11 is 0. The van der Waals surface area contributed by atoms with Crippen molar-refractivity contribution in [1.29, 1.82) is 0 Å². The van der Waals surface area contributed by atoms with Gasteiger partial charge in [-0.1, -0.05) is 71.9 Å². The van der Waals surface area contributed by atoms with Crippen molar-refractivity contribution in [2.75, 3.05) is 38.1 Å². The van der Waals surface area contributed by atoms with Crippen LogP contribution in [-0.2, 0) is 6.61 Å². The van der Waals surface area contributed by atoms with Crippen LogP contribution < -0.4 is 9.64 Å². The molecule has 37 heavy (non-hydrogen) atoms. The molecule has 0 spiro atoms. The number of hydrogen-bond donors (Lipinski definition) is 0. The average Bonchev–Trinajstić information content (AvgIpc) is 3.42. The van der Waals surface area contributed by atoms with E-state index in [1.54, 1.807) is 0 Å². The fraction of sp³-hybridized carbons (Fsp3) is 0.226. The Bertz CT molecular complexity index is 1520. The lowest BCUT2D eigenvalue weighted by molar-refractivity contribution is 0.243. The summed E-state index contributed by atoms with van der Waals surface area (Å²) in [4.78, 5) is 9.39. The van der Waals surface area contributed by atoms with E-state index in [0.29, 0.717) is 11.7 Å². The molecule has 6 rings (SSSR count). The molecule has 4 aromatic carbocycles. The maximum Gasteiger partial charge on any atom is 0.264 e. The molecule has 6 nitrogen and oxygen atoms in total. The molecular weight excluding hydrogens is 460 g/mol. The van der Waals surface area contributed by atoms with Crippen LogP contribution in [0.3, 0.4) is 0 Å². The van der Waals surface area contributed by atoms with Gasteiger partial charge in [0.1, 0.15) is 5.75 Å². The Labute approximate surface area is 217 Å². The van der Waals surface area contributed by atoms with E-state index in [1.165, 1.54) is 33.2 Å². The lowest BCUT2D eigenvalue weighted by Gasteiger charge is -2.34. The van der Waals surface area contributed by atoms with E-state index >= 15 is 0 Å². The number of fused-ring (bicyclic) bond motifs is 1. The van der Waals surface area contributed by atoms with Gasteiger partial charge in [0.15, 0.2) is 6.61 Å². The fourth-order valence-corrected chi connectivity index (χ4v) is 4.92. The summed E-state index contributed by atoms with van der Waals surface area (Å²) in [5.74, 6) is 1.80. The van der Waals surface area contributed by atoms with Crippen LogP contribution in [-0.4, -0.2) is 48.3 Å². The molecule has 186 valence electrons. The Kier molecular flexibility index (Phi) is 6.33. The van der Waals surface area contributed by atoms with Gasteiger partial charge in [-0.15, -0.1) is 0 Å². The normalized spacial score (nSPS) is 14.3. The van der Waals surface area contributed by atoms with Crippen molar-refractivity contribution in [1.82, 2.24) is 15.0 Å². The van der Waals surface area contributed by atoms with E-state index in [-0.39, 0.29) is 6.61 Å². The van der Waals surface area contributed by atoms with Gasteiger partial charge in [-0.25, -0.2) is 0 Å². The zero-order valence-electron chi connectivity index (χ0n) is 21.2. The van der Waals surface area contributed by atoms with Crippen LogP contribution in [0, 0.1) is 6.92 Å². The number of aromatic nitrogens is 2. The van der Waals surface area contributed by atoms with E-state index in [4.69, 9.17) is 9.26 Å². The van der Waals surface area contributed by atoms with Gasteiger partial charge >= 0.3 is 0 Å². The van der Waals surface area contributed by atoms with Crippen molar-refractivity contribution < 1.29 is 9.26 Å². The van der Waals surface area contributed by atoms with Crippen LogP contribution >= 0.6 is 0 Å². The van der Waals surface area contributed by atoms with Crippen LogP contribution in [0.1, 0.15) is 11.5 Å². The molecule has 1 aliphatic rings. The monoisotopic (exact) mass is 490 g/mol. The van der Waals surface area contributed by atoms with Gasteiger partial charge in [0.2, 0.25) is 5.82 Å². The van der Waals surface area contributed by atoms with Crippen molar-refractivity contribution in [2.45, 2.75) is 13.5 Å². The van der Waals surface area contributed by atoms with Gasteiger partial charge in [-0.05, 0) is 54.2 Å². The van der Waals surface area contributed by atoms with E-state index < -0.39 is 0 Å². The van der Waals surface area contributed by atoms with Gasteiger partial charge < -0.3 is 19.1 Å². The zero-order chi connectivity index (χ0) is 25.2. The summed E-state index contributed by atoms with van der Waals surface area (Å²) in [6.07, 6.45) is 0. The number of likely N-dealkylation sites (N-methyl/N-ethyl adjacent to an activating group) is 1. The summed E-state index contributed by atoms with van der Waals surface area (Å²) in [5.41, 5.74) is 5.81.